The lowest BCUT2D eigenvalue weighted by molar-refractivity contribution is 0.102. The quantitative estimate of drug-likeness (QED) is 0.353. The molecule has 4 heterocycles. The highest BCUT2D eigenvalue weighted by Crippen LogP contribution is 2.28. The third kappa shape index (κ3) is 4.47. The average Bonchev–Trinajstić information content (AvgIpc) is 3.48. The van der Waals surface area contributed by atoms with Gasteiger partial charge in [0.2, 0.25) is 0 Å². The van der Waals surface area contributed by atoms with Crippen molar-refractivity contribution >= 4 is 17.2 Å². The van der Waals surface area contributed by atoms with Crippen molar-refractivity contribution in [3.05, 3.63) is 95.3 Å². The van der Waals surface area contributed by atoms with Gasteiger partial charge in [0.15, 0.2) is 5.65 Å². The van der Waals surface area contributed by atoms with Crippen molar-refractivity contribution in [2.45, 2.75) is 40.0 Å². The van der Waals surface area contributed by atoms with Crippen LogP contribution in [0.15, 0.2) is 67.3 Å². The average molecular weight is 490 g/mol. The number of nitrogens with zero attached hydrogens (tertiary/aromatic N) is 6. The Hall–Kier alpha value is -4.77. The number of nitrogens with one attached hydrogen (secondary N) is 1. The Kier molecular flexibility index (Phi) is 5.84. The molecule has 1 N–H and O–H groups in total. The second-order valence-corrected chi connectivity index (χ2v) is 10.1. The largest absolute Gasteiger partial charge is 0.322 e. The van der Waals surface area contributed by atoms with Gasteiger partial charge in [0.1, 0.15) is 11.8 Å². The molecule has 184 valence electrons. The van der Waals surface area contributed by atoms with Gasteiger partial charge >= 0.3 is 0 Å². The fourth-order valence-electron chi connectivity index (χ4n) is 4.32. The second-order valence-electron chi connectivity index (χ2n) is 10.1. The van der Waals surface area contributed by atoms with Crippen molar-refractivity contribution in [3.8, 4) is 23.0 Å². The van der Waals surface area contributed by atoms with E-state index in [0.717, 1.165) is 33.7 Å². The van der Waals surface area contributed by atoms with Crippen molar-refractivity contribution in [2.24, 2.45) is 0 Å². The number of nitriles is 1. The number of hydrogen-bond acceptors (Lipinski definition) is 5. The summed E-state index contributed by atoms with van der Waals surface area (Å²) < 4.78 is 4.05. The predicted octanol–water partition coefficient (Wildman–Crippen LogP) is 5.62. The van der Waals surface area contributed by atoms with Crippen LogP contribution in [0.5, 0.6) is 0 Å². The first-order valence-electron chi connectivity index (χ1n) is 12.0. The van der Waals surface area contributed by atoms with Crippen LogP contribution in [0.2, 0.25) is 0 Å². The van der Waals surface area contributed by atoms with E-state index in [4.69, 9.17) is 0 Å². The van der Waals surface area contributed by atoms with Crippen LogP contribution in [-0.2, 0) is 5.41 Å². The van der Waals surface area contributed by atoms with E-state index >= 15 is 0 Å². The molecule has 0 aliphatic rings. The van der Waals surface area contributed by atoms with E-state index < -0.39 is 0 Å². The smallest absolute Gasteiger partial charge is 0.255 e. The standard InChI is InChI=1S/C29H27N7O/c1-18-11-19(2)24(35-10-8-27-32-17-25(36(27)35)20-7-6-9-31-16-20)14-23(18)34-28(37)21-12-22(15-30)33-26(13-21)29(3,4)5/h6-14,16-17H,1-5H3,(H,34,37). The molecule has 0 bridgehead atoms. The van der Waals surface area contributed by atoms with Crippen LogP contribution in [0.25, 0.3) is 22.6 Å². The fraction of sp³-hybridized carbons (Fsp3) is 0.207. The molecule has 8 heteroatoms. The molecule has 37 heavy (non-hydrogen) atoms. The topological polar surface area (TPSA) is 101 Å². The molecule has 0 saturated heterocycles. The zero-order valence-electron chi connectivity index (χ0n) is 21.4. The summed E-state index contributed by atoms with van der Waals surface area (Å²) in [5.74, 6) is -0.293. The van der Waals surface area contributed by atoms with Crippen LogP contribution in [0, 0.1) is 25.2 Å². The number of amides is 1. The number of rotatable bonds is 4. The Bertz CT molecular complexity index is 1680. The van der Waals surface area contributed by atoms with Crippen LogP contribution in [0.3, 0.4) is 0 Å². The van der Waals surface area contributed by atoms with E-state index in [1.165, 1.54) is 6.07 Å². The molecule has 0 saturated carbocycles. The fourth-order valence-corrected chi connectivity index (χ4v) is 4.32. The summed E-state index contributed by atoms with van der Waals surface area (Å²) in [6.07, 6.45) is 7.35. The summed E-state index contributed by atoms with van der Waals surface area (Å²) in [4.78, 5) is 26.5. The van der Waals surface area contributed by atoms with Crippen LogP contribution in [0.4, 0.5) is 5.69 Å². The molecule has 4 aromatic heterocycles. The van der Waals surface area contributed by atoms with E-state index in [0.29, 0.717) is 16.9 Å². The summed E-state index contributed by atoms with van der Waals surface area (Å²) in [5, 5.41) is 12.5. The van der Waals surface area contributed by atoms with Crippen LogP contribution >= 0.6 is 0 Å². The molecule has 5 aromatic rings. The number of carbonyl (C=O) groups excluding carboxylic acids is 1. The Morgan fingerprint density at radius 2 is 1.86 bits per heavy atom. The van der Waals surface area contributed by atoms with E-state index in [-0.39, 0.29) is 17.0 Å². The molecule has 0 atom stereocenters. The van der Waals surface area contributed by atoms with E-state index in [2.05, 4.69) is 26.3 Å². The third-order valence-corrected chi connectivity index (χ3v) is 6.31. The molecule has 0 aliphatic heterocycles. The first-order valence-corrected chi connectivity index (χ1v) is 12.0. The van der Waals surface area contributed by atoms with Gasteiger partial charge in [-0.3, -0.25) is 14.5 Å². The Morgan fingerprint density at radius 3 is 2.57 bits per heavy atom. The highest BCUT2D eigenvalue weighted by Gasteiger charge is 2.20. The zero-order valence-corrected chi connectivity index (χ0v) is 21.4. The van der Waals surface area contributed by atoms with Gasteiger partial charge in [-0.25, -0.2) is 14.5 Å². The molecule has 0 radical (unpaired) electrons. The van der Waals surface area contributed by atoms with Gasteiger partial charge < -0.3 is 5.32 Å². The lowest BCUT2D eigenvalue weighted by atomic mass is 9.90. The molecular weight excluding hydrogens is 462 g/mol. The minimum atomic E-state index is -0.300. The van der Waals surface area contributed by atoms with Gasteiger partial charge in [0, 0.05) is 52.6 Å². The number of aryl methyl sites for hydroxylation is 2. The molecule has 0 aliphatic carbocycles. The van der Waals surface area contributed by atoms with Gasteiger partial charge in [-0.2, -0.15) is 5.26 Å². The minimum absolute atomic E-state index is 0.219. The molecular formula is C29H27N7O. The lowest BCUT2D eigenvalue weighted by Gasteiger charge is -2.19. The number of hydrogen-bond donors (Lipinski definition) is 1. The number of benzene rings is 1. The van der Waals surface area contributed by atoms with Crippen molar-refractivity contribution in [2.75, 3.05) is 5.32 Å². The van der Waals surface area contributed by atoms with Crippen molar-refractivity contribution in [1.29, 1.82) is 5.26 Å². The number of carbonyl (C=O) groups is 1. The SMILES string of the molecule is Cc1cc(C)c(-n2ccc3ncc(-c4cccnc4)n32)cc1NC(=O)c1cc(C#N)nc(C(C)(C)C)c1. The predicted molar refractivity (Wildman–Crippen MR) is 143 cm³/mol. The first kappa shape index (κ1) is 23.9. The molecule has 5 rings (SSSR count). The number of fused-ring (bicyclic) bond motifs is 1. The van der Waals surface area contributed by atoms with E-state index in [9.17, 15) is 10.1 Å². The number of anilines is 1. The van der Waals surface area contributed by atoms with Gasteiger partial charge in [-0.15, -0.1) is 0 Å². The molecule has 0 spiro atoms. The highest BCUT2D eigenvalue weighted by atomic mass is 16.1. The summed E-state index contributed by atoms with van der Waals surface area (Å²) in [6, 6.07) is 15.2. The maximum Gasteiger partial charge on any atom is 0.255 e. The normalized spacial score (nSPS) is 11.5. The summed E-state index contributed by atoms with van der Waals surface area (Å²) in [5.41, 5.74) is 7.24. The summed E-state index contributed by atoms with van der Waals surface area (Å²) in [7, 11) is 0. The van der Waals surface area contributed by atoms with Gasteiger partial charge in [-0.1, -0.05) is 26.8 Å². The van der Waals surface area contributed by atoms with Gasteiger partial charge in [0.25, 0.3) is 5.91 Å². The summed E-state index contributed by atoms with van der Waals surface area (Å²) in [6.45, 7) is 10.0. The van der Waals surface area contributed by atoms with E-state index in [1.54, 1.807) is 12.3 Å². The second kappa shape index (κ2) is 9.03. The molecule has 8 nitrogen and oxygen atoms in total. The molecule has 1 amide bonds. The maximum atomic E-state index is 13.3. The van der Waals surface area contributed by atoms with Crippen LogP contribution in [-0.4, -0.2) is 30.1 Å². The van der Waals surface area contributed by atoms with Crippen LogP contribution in [0.1, 0.15) is 53.6 Å². The number of aromatic nitrogens is 5. The van der Waals surface area contributed by atoms with Crippen molar-refractivity contribution < 1.29 is 4.79 Å². The van der Waals surface area contributed by atoms with Gasteiger partial charge in [-0.05, 0) is 55.3 Å². The summed E-state index contributed by atoms with van der Waals surface area (Å²) >= 11 is 0. The highest BCUT2D eigenvalue weighted by molar-refractivity contribution is 6.05. The molecule has 0 fully saturated rings. The third-order valence-electron chi connectivity index (χ3n) is 6.31. The molecule has 1 aromatic carbocycles. The Balaban J connectivity index is 1.56. The number of pyridine rings is 2. The zero-order chi connectivity index (χ0) is 26.3. The first-order chi connectivity index (χ1) is 17.7. The van der Waals surface area contributed by atoms with Crippen molar-refractivity contribution in [3.63, 3.8) is 0 Å². The maximum absolute atomic E-state index is 13.3. The lowest BCUT2D eigenvalue weighted by Crippen LogP contribution is -2.19. The van der Waals surface area contributed by atoms with E-state index in [1.807, 2.05) is 92.7 Å². The molecule has 0 unspecified atom stereocenters. The Morgan fingerprint density at radius 1 is 1.05 bits per heavy atom. The minimum Gasteiger partial charge on any atom is -0.322 e. The van der Waals surface area contributed by atoms with Crippen molar-refractivity contribution in [1.82, 2.24) is 24.1 Å². The van der Waals surface area contributed by atoms with Gasteiger partial charge in [0.05, 0.1) is 17.6 Å². The Labute approximate surface area is 215 Å². The van der Waals surface area contributed by atoms with Crippen LogP contribution < -0.4 is 5.32 Å². The monoisotopic (exact) mass is 489 g/mol. The number of imidazole rings is 1.